The number of anilines is 1. The first-order valence-electron chi connectivity index (χ1n) is 6.96. The van der Waals surface area contributed by atoms with Crippen LogP contribution in [0, 0.1) is 0 Å². The largest absolute Gasteiger partial charge is 0.323 e. The number of pyridine rings is 1. The lowest BCUT2D eigenvalue weighted by molar-refractivity contribution is -0.115. The minimum absolute atomic E-state index is 0.0301. The molecule has 1 saturated carbocycles. The SMILES string of the molecule is O=C(Cc1ccsc1)Nc1cccn2nc(C3CC3)nc12. The molecule has 6 heteroatoms. The highest BCUT2D eigenvalue weighted by Gasteiger charge is 2.28. The van der Waals surface area contributed by atoms with Gasteiger partial charge in [-0.1, -0.05) is 0 Å². The molecule has 0 saturated heterocycles. The van der Waals surface area contributed by atoms with Crippen molar-refractivity contribution in [1.82, 2.24) is 14.6 Å². The number of nitrogens with zero attached hydrogens (tertiary/aromatic N) is 3. The zero-order chi connectivity index (χ0) is 14.2. The lowest BCUT2D eigenvalue weighted by Crippen LogP contribution is -2.14. The quantitative estimate of drug-likeness (QED) is 0.805. The molecule has 0 aliphatic heterocycles. The van der Waals surface area contributed by atoms with Gasteiger partial charge in [-0.05, 0) is 47.4 Å². The van der Waals surface area contributed by atoms with Gasteiger partial charge in [0.1, 0.15) is 0 Å². The Morgan fingerprint density at radius 2 is 2.33 bits per heavy atom. The van der Waals surface area contributed by atoms with E-state index in [2.05, 4.69) is 15.4 Å². The van der Waals surface area contributed by atoms with E-state index in [-0.39, 0.29) is 5.91 Å². The van der Waals surface area contributed by atoms with Gasteiger partial charge in [0.05, 0.1) is 12.1 Å². The summed E-state index contributed by atoms with van der Waals surface area (Å²) in [5.41, 5.74) is 2.47. The summed E-state index contributed by atoms with van der Waals surface area (Å²) in [4.78, 5) is 16.7. The monoisotopic (exact) mass is 298 g/mol. The Morgan fingerprint density at radius 3 is 3.10 bits per heavy atom. The summed E-state index contributed by atoms with van der Waals surface area (Å²) in [7, 11) is 0. The lowest BCUT2D eigenvalue weighted by Gasteiger charge is -2.05. The second kappa shape index (κ2) is 4.96. The number of carbonyl (C=O) groups excluding carboxylic acids is 1. The first-order chi connectivity index (χ1) is 10.3. The van der Waals surface area contributed by atoms with Crippen LogP contribution in [0.15, 0.2) is 35.2 Å². The van der Waals surface area contributed by atoms with Crippen molar-refractivity contribution in [2.75, 3.05) is 5.32 Å². The van der Waals surface area contributed by atoms with Gasteiger partial charge in [-0.3, -0.25) is 4.79 Å². The molecule has 4 rings (SSSR count). The van der Waals surface area contributed by atoms with E-state index in [0.29, 0.717) is 12.3 Å². The molecule has 1 amide bonds. The maximum absolute atomic E-state index is 12.1. The van der Waals surface area contributed by atoms with E-state index in [1.807, 2.05) is 35.2 Å². The Hall–Kier alpha value is -2.21. The molecule has 0 radical (unpaired) electrons. The number of nitrogens with one attached hydrogen (secondary N) is 1. The Morgan fingerprint density at radius 1 is 1.43 bits per heavy atom. The molecule has 5 nitrogen and oxygen atoms in total. The lowest BCUT2D eigenvalue weighted by atomic mass is 10.2. The van der Waals surface area contributed by atoms with Crippen LogP contribution in [0.25, 0.3) is 5.65 Å². The van der Waals surface area contributed by atoms with Crippen LogP contribution in [-0.2, 0) is 11.2 Å². The summed E-state index contributed by atoms with van der Waals surface area (Å²) >= 11 is 1.60. The Labute approximate surface area is 125 Å². The minimum Gasteiger partial charge on any atom is -0.323 e. The molecule has 1 N–H and O–H groups in total. The number of thiophene rings is 1. The van der Waals surface area contributed by atoms with Crippen molar-refractivity contribution in [2.24, 2.45) is 0 Å². The van der Waals surface area contributed by atoms with Crippen molar-refractivity contribution in [1.29, 1.82) is 0 Å². The van der Waals surface area contributed by atoms with Crippen LogP contribution in [0.1, 0.15) is 30.1 Å². The second-order valence-corrected chi connectivity index (χ2v) is 6.07. The first kappa shape index (κ1) is 12.5. The van der Waals surface area contributed by atoms with Crippen LogP contribution in [0.2, 0.25) is 0 Å². The number of carbonyl (C=O) groups is 1. The van der Waals surface area contributed by atoms with Crippen molar-refractivity contribution in [3.05, 3.63) is 46.5 Å². The smallest absolute Gasteiger partial charge is 0.228 e. The van der Waals surface area contributed by atoms with Crippen molar-refractivity contribution < 1.29 is 4.79 Å². The average molecular weight is 298 g/mol. The molecule has 0 bridgehead atoms. The summed E-state index contributed by atoms with van der Waals surface area (Å²) in [6.45, 7) is 0. The highest BCUT2D eigenvalue weighted by Crippen LogP contribution is 2.38. The fourth-order valence-corrected chi connectivity index (χ4v) is 2.98. The van der Waals surface area contributed by atoms with Gasteiger partial charge >= 0.3 is 0 Å². The van der Waals surface area contributed by atoms with E-state index >= 15 is 0 Å². The van der Waals surface area contributed by atoms with Crippen molar-refractivity contribution in [3.63, 3.8) is 0 Å². The second-order valence-electron chi connectivity index (χ2n) is 5.29. The average Bonchev–Trinajstić information content (AvgIpc) is 3.02. The third kappa shape index (κ3) is 2.54. The standard InChI is InChI=1S/C15H14N4OS/c20-13(8-10-5-7-21-9-10)16-12-2-1-6-19-15(12)17-14(18-19)11-3-4-11/h1-2,5-7,9,11H,3-4,8H2,(H,16,20). The van der Waals surface area contributed by atoms with Crippen molar-refractivity contribution in [2.45, 2.75) is 25.2 Å². The van der Waals surface area contributed by atoms with Gasteiger partial charge in [-0.2, -0.15) is 16.4 Å². The molecular formula is C15H14N4OS. The third-order valence-electron chi connectivity index (χ3n) is 3.54. The zero-order valence-corrected chi connectivity index (χ0v) is 12.1. The normalized spacial score (nSPS) is 14.5. The van der Waals surface area contributed by atoms with Gasteiger partial charge < -0.3 is 5.32 Å². The Balaban J connectivity index is 1.59. The van der Waals surface area contributed by atoms with E-state index in [0.717, 1.165) is 35.6 Å². The molecule has 1 fully saturated rings. The van der Waals surface area contributed by atoms with E-state index in [1.165, 1.54) is 0 Å². The molecule has 1 aliphatic carbocycles. The van der Waals surface area contributed by atoms with Gasteiger partial charge in [0.25, 0.3) is 0 Å². The minimum atomic E-state index is -0.0301. The molecule has 0 spiro atoms. The van der Waals surface area contributed by atoms with Gasteiger partial charge in [0, 0.05) is 12.1 Å². The van der Waals surface area contributed by atoms with E-state index in [4.69, 9.17) is 0 Å². The Kier molecular flexibility index (Phi) is 2.96. The number of hydrogen-bond acceptors (Lipinski definition) is 4. The summed E-state index contributed by atoms with van der Waals surface area (Å²) in [5.74, 6) is 1.35. The van der Waals surface area contributed by atoms with Crippen molar-refractivity contribution >= 4 is 28.6 Å². The van der Waals surface area contributed by atoms with Crippen LogP contribution in [0.3, 0.4) is 0 Å². The molecule has 1 aliphatic rings. The molecule has 3 aromatic heterocycles. The number of fused-ring (bicyclic) bond motifs is 1. The molecule has 0 aromatic carbocycles. The number of amides is 1. The predicted octanol–water partition coefficient (Wildman–Crippen LogP) is 2.85. The molecule has 3 aromatic rings. The Bertz CT molecular complexity index is 789. The summed E-state index contributed by atoms with van der Waals surface area (Å²) < 4.78 is 1.74. The molecule has 21 heavy (non-hydrogen) atoms. The van der Waals surface area contributed by atoms with E-state index < -0.39 is 0 Å². The van der Waals surface area contributed by atoms with E-state index in [1.54, 1.807) is 15.9 Å². The van der Waals surface area contributed by atoms with Crippen LogP contribution >= 0.6 is 11.3 Å². The van der Waals surface area contributed by atoms with Crippen LogP contribution in [0.5, 0.6) is 0 Å². The fraction of sp³-hybridized carbons (Fsp3) is 0.267. The third-order valence-corrected chi connectivity index (χ3v) is 4.27. The predicted molar refractivity (Wildman–Crippen MR) is 81.6 cm³/mol. The van der Waals surface area contributed by atoms with Gasteiger partial charge in [0.15, 0.2) is 11.5 Å². The number of aromatic nitrogens is 3. The highest BCUT2D eigenvalue weighted by molar-refractivity contribution is 7.08. The molecule has 0 atom stereocenters. The van der Waals surface area contributed by atoms with Crippen molar-refractivity contribution in [3.8, 4) is 0 Å². The summed E-state index contributed by atoms with van der Waals surface area (Å²) in [6, 6.07) is 5.71. The van der Waals surface area contributed by atoms with Gasteiger partial charge in [0.2, 0.25) is 5.91 Å². The maximum atomic E-state index is 12.1. The molecule has 106 valence electrons. The topological polar surface area (TPSA) is 59.3 Å². The summed E-state index contributed by atoms with van der Waals surface area (Å²) in [6.07, 6.45) is 4.57. The molecular weight excluding hydrogens is 284 g/mol. The summed E-state index contributed by atoms with van der Waals surface area (Å²) in [5, 5.41) is 11.4. The van der Waals surface area contributed by atoms with Gasteiger partial charge in [-0.15, -0.1) is 0 Å². The van der Waals surface area contributed by atoms with Crippen LogP contribution < -0.4 is 5.32 Å². The van der Waals surface area contributed by atoms with E-state index in [9.17, 15) is 4.79 Å². The molecule has 3 heterocycles. The number of hydrogen-bond donors (Lipinski definition) is 1. The maximum Gasteiger partial charge on any atom is 0.228 e. The fourth-order valence-electron chi connectivity index (χ4n) is 2.31. The van der Waals surface area contributed by atoms with Gasteiger partial charge in [-0.25, -0.2) is 9.50 Å². The number of rotatable bonds is 4. The highest BCUT2D eigenvalue weighted by atomic mass is 32.1. The van der Waals surface area contributed by atoms with Crippen LogP contribution in [0.4, 0.5) is 5.69 Å². The zero-order valence-electron chi connectivity index (χ0n) is 11.3. The van der Waals surface area contributed by atoms with Crippen LogP contribution in [-0.4, -0.2) is 20.5 Å². The first-order valence-corrected chi connectivity index (χ1v) is 7.90. The molecule has 0 unspecified atom stereocenters.